The lowest BCUT2D eigenvalue weighted by Crippen LogP contribution is -2.17. The molecule has 0 aromatic heterocycles. The fraction of sp³-hybridized carbons (Fsp3) is 0.300. The summed E-state index contributed by atoms with van der Waals surface area (Å²) in [6.45, 7) is 0. The van der Waals surface area contributed by atoms with Gasteiger partial charge < -0.3 is 5.11 Å². The van der Waals surface area contributed by atoms with Crippen molar-refractivity contribution >= 4 is 17.6 Å². The second-order valence-electron chi connectivity index (χ2n) is 3.48. The third kappa shape index (κ3) is 1.38. The summed E-state index contributed by atoms with van der Waals surface area (Å²) in [5.41, 5.74) is -1.42. The van der Waals surface area contributed by atoms with Crippen LogP contribution >= 0.6 is 11.6 Å². The fourth-order valence-electron chi connectivity index (χ4n) is 1.58. The highest BCUT2D eigenvalue weighted by molar-refractivity contribution is 6.30. The van der Waals surface area contributed by atoms with E-state index in [9.17, 15) is 9.18 Å². The standard InChI is InChI=1S/C10H8ClFO2/c11-7-3-1-2-6(4-7)8-5-10(8,12)9(13)14/h1-4,8H,5H2,(H,13,14)/t8-,10-/m0/s1. The van der Waals surface area contributed by atoms with E-state index in [-0.39, 0.29) is 6.42 Å². The van der Waals surface area contributed by atoms with Gasteiger partial charge in [0.05, 0.1) is 0 Å². The van der Waals surface area contributed by atoms with Gasteiger partial charge in [0.1, 0.15) is 0 Å². The first-order chi connectivity index (χ1) is 6.54. The minimum Gasteiger partial charge on any atom is -0.479 e. The highest BCUT2D eigenvalue weighted by Crippen LogP contribution is 2.54. The van der Waals surface area contributed by atoms with Crippen LogP contribution in [0.4, 0.5) is 4.39 Å². The minimum absolute atomic E-state index is 0.0443. The maximum atomic E-state index is 13.5. The number of aliphatic carboxylic acids is 1. The molecule has 2 rings (SSSR count). The molecule has 0 aliphatic heterocycles. The number of hydrogen-bond acceptors (Lipinski definition) is 1. The van der Waals surface area contributed by atoms with Crippen LogP contribution in [0.1, 0.15) is 17.9 Å². The van der Waals surface area contributed by atoms with Crippen LogP contribution in [0.5, 0.6) is 0 Å². The lowest BCUT2D eigenvalue weighted by Gasteiger charge is -2.02. The number of carboxylic acid groups (broad SMARTS) is 1. The van der Waals surface area contributed by atoms with Gasteiger partial charge in [0, 0.05) is 17.4 Å². The van der Waals surface area contributed by atoms with Crippen LogP contribution in [0.3, 0.4) is 0 Å². The van der Waals surface area contributed by atoms with Crippen LogP contribution in [0.2, 0.25) is 5.02 Å². The smallest absolute Gasteiger partial charge is 0.342 e. The van der Waals surface area contributed by atoms with Crippen molar-refractivity contribution in [1.29, 1.82) is 0 Å². The number of alkyl halides is 1. The van der Waals surface area contributed by atoms with Crippen LogP contribution in [-0.2, 0) is 4.79 Å². The first-order valence-corrected chi connectivity index (χ1v) is 4.59. The summed E-state index contributed by atoms with van der Waals surface area (Å²) >= 11 is 5.72. The molecule has 2 nitrogen and oxygen atoms in total. The Bertz CT molecular complexity index is 393. The Morgan fingerprint density at radius 1 is 1.64 bits per heavy atom. The molecule has 74 valence electrons. The van der Waals surface area contributed by atoms with Crippen molar-refractivity contribution in [2.45, 2.75) is 18.0 Å². The van der Waals surface area contributed by atoms with E-state index in [0.29, 0.717) is 10.6 Å². The molecule has 1 saturated carbocycles. The highest BCUT2D eigenvalue weighted by atomic mass is 35.5. The first kappa shape index (κ1) is 9.46. The minimum atomic E-state index is -2.08. The monoisotopic (exact) mass is 214 g/mol. The van der Waals surface area contributed by atoms with E-state index < -0.39 is 17.6 Å². The topological polar surface area (TPSA) is 37.3 Å². The number of carbonyl (C=O) groups is 1. The van der Waals surface area contributed by atoms with Crippen molar-refractivity contribution in [3.63, 3.8) is 0 Å². The Kier molecular flexibility index (Phi) is 2.00. The molecule has 4 heteroatoms. The molecule has 0 bridgehead atoms. The van der Waals surface area contributed by atoms with E-state index in [1.165, 1.54) is 0 Å². The summed E-state index contributed by atoms with van der Waals surface area (Å²) in [5, 5.41) is 9.11. The summed E-state index contributed by atoms with van der Waals surface area (Å²) < 4.78 is 13.5. The Morgan fingerprint density at radius 3 is 2.86 bits per heavy atom. The molecule has 0 spiro atoms. The van der Waals surface area contributed by atoms with Gasteiger partial charge in [-0.3, -0.25) is 0 Å². The molecule has 1 aliphatic carbocycles. The van der Waals surface area contributed by atoms with Crippen molar-refractivity contribution in [2.75, 3.05) is 0 Å². The third-order valence-electron chi connectivity index (χ3n) is 2.50. The second-order valence-corrected chi connectivity index (χ2v) is 3.92. The molecule has 0 radical (unpaired) electrons. The average Bonchev–Trinajstić information content (AvgIpc) is 2.80. The maximum Gasteiger partial charge on any atom is 0.342 e. The lowest BCUT2D eigenvalue weighted by atomic mass is 10.1. The van der Waals surface area contributed by atoms with Gasteiger partial charge in [-0.15, -0.1) is 0 Å². The van der Waals surface area contributed by atoms with Crippen molar-refractivity contribution in [3.05, 3.63) is 34.9 Å². The zero-order valence-corrected chi connectivity index (χ0v) is 7.96. The van der Waals surface area contributed by atoms with E-state index in [4.69, 9.17) is 16.7 Å². The maximum absolute atomic E-state index is 13.5. The molecule has 1 fully saturated rings. The molecular formula is C10H8ClFO2. The van der Waals surface area contributed by atoms with Gasteiger partial charge in [-0.2, -0.15) is 0 Å². The number of rotatable bonds is 2. The van der Waals surface area contributed by atoms with E-state index >= 15 is 0 Å². The zero-order chi connectivity index (χ0) is 10.3. The largest absolute Gasteiger partial charge is 0.479 e. The SMILES string of the molecule is O=C(O)[C@]1(F)C[C@H]1c1cccc(Cl)c1. The summed E-state index contributed by atoms with van der Waals surface area (Å²) in [6.07, 6.45) is 0.0443. The Morgan fingerprint density at radius 2 is 2.36 bits per heavy atom. The van der Waals surface area contributed by atoms with E-state index in [1.54, 1.807) is 24.3 Å². The molecule has 0 saturated heterocycles. The van der Waals surface area contributed by atoms with Crippen molar-refractivity contribution in [3.8, 4) is 0 Å². The van der Waals surface area contributed by atoms with Crippen molar-refractivity contribution in [1.82, 2.24) is 0 Å². The quantitative estimate of drug-likeness (QED) is 0.822. The van der Waals surface area contributed by atoms with Crippen LogP contribution < -0.4 is 0 Å². The van der Waals surface area contributed by atoms with Gasteiger partial charge >= 0.3 is 5.97 Å². The van der Waals surface area contributed by atoms with Crippen LogP contribution in [0.25, 0.3) is 0 Å². The van der Waals surface area contributed by atoms with Gasteiger partial charge in [0.2, 0.25) is 5.67 Å². The number of benzene rings is 1. The molecule has 0 unspecified atom stereocenters. The van der Waals surface area contributed by atoms with Crippen molar-refractivity contribution in [2.24, 2.45) is 0 Å². The third-order valence-corrected chi connectivity index (χ3v) is 2.74. The van der Waals surface area contributed by atoms with Gasteiger partial charge in [0.15, 0.2) is 0 Å². The normalized spacial score (nSPS) is 30.0. The van der Waals surface area contributed by atoms with E-state index in [0.717, 1.165) is 0 Å². The number of halogens is 2. The van der Waals surface area contributed by atoms with Crippen LogP contribution in [0, 0.1) is 0 Å². The van der Waals surface area contributed by atoms with E-state index in [1.807, 2.05) is 0 Å². The summed E-state index contributed by atoms with van der Waals surface area (Å²) in [4.78, 5) is 10.5. The summed E-state index contributed by atoms with van der Waals surface area (Å²) in [5.74, 6) is -1.93. The van der Waals surface area contributed by atoms with Gasteiger partial charge in [-0.25, -0.2) is 9.18 Å². The second kappa shape index (κ2) is 2.95. The summed E-state index contributed by atoms with van der Waals surface area (Å²) in [7, 11) is 0. The Balaban J connectivity index is 2.25. The molecule has 14 heavy (non-hydrogen) atoms. The van der Waals surface area contributed by atoms with Crippen LogP contribution in [0.15, 0.2) is 24.3 Å². The Labute approximate surface area is 85.3 Å². The lowest BCUT2D eigenvalue weighted by molar-refractivity contribution is -0.144. The number of carboxylic acids is 1. The molecule has 0 amide bonds. The predicted molar refractivity (Wildman–Crippen MR) is 50.3 cm³/mol. The first-order valence-electron chi connectivity index (χ1n) is 4.22. The zero-order valence-electron chi connectivity index (χ0n) is 7.21. The van der Waals surface area contributed by atoms with Gasteiger partial charge in [-0.05, 0) is 17.7 Å². The fourth-order valence-corrected chi connectivity index (χ4v) is 1.78. The van der Waals surface area contributed by atoms with Crippen LogP contribution in [-0.4, -0.2) is 16.7 Å². The molecule has 1 aromatic rings. The van der Waals surface area contributed by atoms with Gasteiger partial charge in [0.25, 0.3) is 0 Å². The van der Waals surface area contributed by atoms with Gasteiger partial charge in [-0.1, -0.05) is 23.7 Å². The molecule has 1 aliphatic rings. The van der Waals surface area contributed by atoms with Crippen molar-refractivity contribution < 1.29 is 14.3 Å². The highest BCUT2D eigenvalue weighted by Gasteiger charge is 2.62. The molecule has 1 N–H and O–H groups in total. The number of hydrogen-bond donors (Lipinski definition) is 1. The molecule has 1 aromatic carbocycles. The molecular weight excluding hydrogens is 207 g/mol. The predicted octanol–water partition coefficient (Wildman–Crippen LogP) is 2.62. The molecule has 0 heterocycles. The average molecular weight is 215 g/mol. The summed E-state index contributed by atoms with van der Waals surface area (Å²) in [6, 6.07) is 6.67. The van der Waals surface area contributed by atoms with E-state index in [2.05, 4.69) is 0 Å². The Hall–Kier alpha value is -1.09. The molecule has 2 atom stereocenters.